The molecule has 4 amide bonds. The normalized spacial score (nSPS) is 13.5. The first-order valence-electron chi connectivity index (χ1n) is 9.44. The predicted octanol–water partition coefficient (Wildman–Crippen LogP) is 1.60. The fourth-order valence-corrected chi connectivity index (χ4v) is 2.40. The van der Waals surface area contributed by atoms with Crippen LogP contribution in [0.25, 0.3) is 0 Å². The molecule has 2 aromatic rings. The van der Waals surface area contributed by atoms with Crippen LogP contribution in [0.15, 0.2) is 72.8 Å². The van der Waals surface area contributed by atoms with Crippen molar-refractivity contribution in [1.29, 1.82) is 0 Å². The summed E-state index contributed by atoms with van der Waals surface area (Å²) in [6.07, 6.45) is 0. The van der Waals surface area contributed by atoms with E-state index in [9.17, 15) is 19.2 Å². The SMILES string of the molecule is CCO.CN1C(=O)C2(C1=O)C(=O)N(C)C2=O.[CH2-]CO.[CH3-].[V].[V].c1ccccc1.c1ccccc1. The minimum Gasteiger partial charge on any atom is -0.428 e. The summed E-state index contributed by atoms with van der Waals surface area (Å²) in [6.45, 7) is 4.97. The Hall–Kier alpha value is -2.19. The number of hydrogen-bond acceptors (Lipinski definition) is 6. The fourth-order valence-electron chi connectivity index (χ4n) is 2.40. The topological polar surface area (TPSA) is 115 Å². The molecule has 2 N–H and O–H groups in total. The van der Waals surface area contributed by atoms with E-state index < -0.39 is 29.0 Å². The van der Waals surface area contributed by atoms with Gasteiger partial charge in [-0.3, -0.25) is 29.0 Å². The molecule has 0 saturated carbocycles. The van der Waals surface area contributed by atoms with Crippen LogP contribution in [-0.4, -0.2) is 71.0 Å². The van der Waals surface area contributed by atoms with Crippen LogP contribution in [0, 0.1) is 19.8 Å². The molecule has 186 valence electrons. The Balaban J connectivity index is -0.000000184. The number of β-lactam (4-membered cyclic amide) rings is 4. The molecule has 2 radical (unpaired) electrons. The monoisotopic (exact) mass is 546 g/mol. The number of amides is 4. The Morgan fingerprint density at radius 1 is 0.647 bits per heavy atom. The number of rotatable bonds is 0. The predicted molar refractivity (Wildman–Crippen MR) is 122 cm³/mol. The maximum atomic E-state index is 11.2. The molecular weight excluding hydrogens is 514 g/mol. The Morgan fingerprint density at radius 3 is 0.882 bits per heavy atom. The standard InChI is InChI=1S/C7H6N2O4.2C6H6.C2H6O.C2H5O.CH3.2V/c1-8-3(10)7(4(8)11)5(12)9(2)6(7)13;2*1-2-4-6-5-3-1;2*1-2-3;;;/h1-2H3;2*1-6H;3H,2H2,1H3;3H,1-2H2;1H3;;/q;;;;2*-1;;. The molecule has 2 aliphatic heterocycles. The average molecular weight is 546 g/mol. The van der Waals surface area contributed by atoms with E-state index in [4.69, 9.17) is 10.2 Å². The van der Waals surface area contributed by atoms with Crippen LogP contribution in [0.1, 0.15) is 6.92 Å². The van der Waals surface area contributed by atoms with Gasteiger partial charge >= 0.3 is 0 Å². The van der Waals surface area contributed by atoms with Crippen molar-refractivity contribution in [2.75, 3.05) is 27.3 Å². The van der Waals surface area contributed by atoms with E-state index in [1.54, 1.807) is 6.92 Å². The van der Waals surface area contributed by atoms with Crippen molar-refractivity contribution in [2.45, 2.75) is 6.92 Å². The molecule has 0 bridgehead atoms. The van der Waals surface area contributed by atoms with E-state index in [2.05, 4.69) is 6.92 Å². The van der Waals surface area contributed by atoms with Gasteiger partial charge in [-0.15, -0.1) is 0 Å². The molecule has 2 aliphatic rings. The number of imide groups is 2. The summed E-state index contributed by atoms with van der Waals surface area (Å²) >= 11 is 0. The number of nitrogens with zero attached hydrogens (tertiary/aromatic N) is 2. The van der Waals surface area contributed by atoms with Gasteiger partial charge in [0.05, 0.1) is 0 Å². The van der Waals surface area contributed by atoms with Crippen LogP contribution in [0.4, 0.5) is 0 Å². The van der Waals surface area contributed by atoms with E-state index in [0.29, 0.717) is 0 Å². The number of carbonyl (C=O) groups excluding carboxylic acids is 4. The van der Waals surface area contributed by atoms with Gasteiger partial charge in [0.2, 0.25) is 0 Å². The van der Waals surface area contributed by atoms with Gasteiger partial charge < -0.3 is 24.6 Å². The van der Waals surface area contributed by atoms with Crippen LogP contribution in [0.5, 0.6) is 0 Å². The van der Waals surface area contributed by atoms with Crippen molar-refractivity contribution < 1.29 is 66.5 Å². The van der Waals surface area contributed by atoms with Crippen molar-refractivity contribution in [2.24, 2.45) is 5.41 Å². The van der Waals surface area contributed by atoms with Gasteiger partial charge in [-0.2, -0.15) is 0 Å². The second-order valence-electron chi connectivity index (χ2n) is 5.94. The number of aliphatic hydroxyl groups excluding tert-OH is 2. The Labute approximate surface area is 226 Å². The number of hydrogen-bond donors (Lipinski definition) is 2. The molecular formula is C24H32N2O6V2-2. The van der Waals surface area contributed by atoms with Gasteiger partial charge in [0.1, 0.15) is 0 Å². The zero-order valence-electron chi connectivity index (χ0n) is 19.9. The van der Waals surface area contributed by atoms with Gasteiger partial charge in [0, 0.05) is 57.8 Å². The third-order valence-corrected chi connectivity index (χ3v) is 3.84. The molecule has 0 unspecified atom stereocenters. The summed E-state index contributed by atoms with van der Waals surface area (Å²) in [4.78, 5) is 46.3. The molecule has 2 heterocycles. The van der Waals surface area contributed by atoms with Crippen molar-refractivity contribution in [1.82, 2.24) is 9.80 Å². The molecule has 2 saturated heterocycles. The summed E-state index contributed by atoms with van der Waals surface area (Å²) in [6, 6.07) is 24.0. The summed E-state index contributed by atoms with van der Waals surface area (Å²) in [5.41, 5.74) is -1.98. The second kappa shape index (κ2) is 21.3. The number of aliphatic hydroxyl groups is 2. The Morgan fingerprint density at radius 2 is 0.765 bits per heavy atom. The van der Waals surface area contributed by atoms with Crippen molar-refractivity contribution in [3.63, 3.8) is 0 Å². The van der Waals surface area contributed by atoms with Crippen LogP contribution in [0.3, 0.4) is 0 Å². The second-order valence-corrected chi connectivity index (χ2v) is 5.94. The molecule has 2 aromatic carbocycles. The summed E-state index contributed by atoms with van der Waals surface area (Å²) < 4.78 is 0. The first-order chi connectivity index (χ1) is 14.8. The Bertz CT molecular complexity index is 664. The smallest absolute Gasteiger partial charge is 0.284 e. The molecule has 10 heteroatoms. The zero-order valence-corrected chi connectivity index (χ0v) is 22.7. The summed E-state index contributed by atoms with van der Waals surface area (Å²) in [7, 11) is 2.49. The average Bonchev–Trinajstić information content (AvgIpc) is 2.82. The van der Waals surface area contributed by atoms with Crippen LogP contribution in [-0.2, 0) is 56.3 Å². The molecule has 34 heavy (non-hydrogen) atoms. The summed E-state index contributed by atoms with van der Waals surface area (Å²) in [5.74, 6) is -2.87. The van der Waals surface area contributed by atoms with E-state index in [0.717, 1.165) is 9.80 Å². The van der Waals surface area contributed by atoms with Crippen LogP contribution >= 0.6 is 0 Å². The van der Waals surface area contributed by atoms with Gasteiger partial charge in [0.15, 0.2) is 0 Å². The van der Waals surface area contributed by atoms with Gasteiger partial charge in [-0.05, 0) is 6.92 Å². The van der Waals surface area contributed by atoms with Crippen LogP contribution < -0.4 is 0 Å². The first kappa shape index (κ1) is 39.0. The maximum Gasteiger partial charge on any atom is 0.284 e. The molecule has 8 nitrogen and oxygen atoms in total. The van der Waals surface area contributed by atoms with E-state index in [1.165, 1.54) is 14.1 Å². The van der Waals surface area contributed by atoms with E-state index in [-0.39, 0.29) is 57.8 Å². The van der Waals surface area contributed by atoms with Gasteiger partial charge in [0.25, 0.3) is 29.0 Å². The van der Waals surface area contributed by atoms with Gasteiger partial charge in [-0.25, -0.2) is 0 Å². The molecule has 0 aliphatic carbocycles. The summed E-state index contributed by atoms with van der Waals surface area (Å²) in [5, 5.41) is 15.0. The van der Waals surface area contributed by atoms with E-state index in [1.807, 2.05) is 72.8 Å². The molecule has 0 atom stereocenters. The van der Waals surface area contributed by atoms with Crippen molar-refractivity contribution in [3.8, 4) is 0 Å². The quantitative estimate of drug-likeness (QED) is 0.295. The minimum absolute atomic E-state index is 0. The molecule has 1 spiro atoms. The maximum absolute atomic E-state index is 11.2. The third-order valence-electron chi connectivity index (χ3n) is 3.84. The first-order valence-corrected chi connectivity index (χ1v) is 9.44. The van der Waals surface area contributed by atoms with Crippen LogP contribution in [0.2, 0.25) is 0 Å². The van der Waals surface area contributed by atoms with Crippen molar-refractivity contribution >= 4 is 23.6 Å². The van der Waals surface area contributed by atoms with E-state index >= 15 is 0 Å². The molecule has 2 fully saturated rings. The number of likely N-dealkylation sites (tertiary alicyclic amines) is 2. The molecule has 4 rings (SSSR count). The fraction of sp³-hybridized carbons (Fsp3) is 0.250. The molecule has 0 aromatic heterocycles. The van der Waals surface area contributed by atoms with Gasteiger partial charge in [-0.1, -0.05) is 79.4 Å². The zero-order chi connectivity index (χ0) is 23.9. The van der Waals surface area contributed by atoms with Crippen molar-refractivity contribution in [3.05, 3.63) is 87.1 Å². The third kappa shape index (κ3) is 9.97. The minimum atomic E-state index is -1.98. The largest absolute Gasteiger partial charge is 0.428 e. The number of carbonyl (C=O) groups is 4. The Kier molecular flexibility index (Phi) is 24.5. The number of benzene rings is 2.